The predicted octanol–water partition coefficient (Wildman–Crippen LogP) is 19.3. The summed E-state index contributed by atoms with van der Waals surface area (Å²) in [5.41, 5.74) is 9.81. The monoisotopic (exact) mass is 892 g/mol. The van der Waals surface area contributed by atoms with Crippen molar-refractivity contribution in [2.24, 2.45) is 0 Å². The van der Waals surface area contributed by atoms with Gasteiger partial charge in [-0.2, -0.15) is 0 Å². The maximum atomic E-state index is 6.99. The number of anilines is 6. The number of furan rings is 2. The molecule has 4 heteroatoms. The minimum atomic E-state index is 0.762. The van der Waals surface area contributed by atoms with Crippen molar-refractivity contribution in [3.8, 4) is 0 Å². The number of hydrogen-bond donors (Lipinski definition) is 0. The van der Waals surface area contributed by atoms with Gasteiger partial charge in [-0.05, 0) is 140 Å². The zero-order valence-electron chi connectivity index (χ0n) is 37.8. The lowest BCUT2D eigenvalue weighted by molar-refractivity contribution is 0.637. The van der Waals surface area contributed by atoms with Gasteiger partial charge in [0.15, 0.2) is 11.2 Å². The van der Waals surface area contributed by atoms with Crippen LogP contribution in [-0.4, -0.2) is 0 Å². The van der Waals surface area contributed by atoms with Gasteiger partial charge in [0.05, 0.1) is 11.4 Å². The number of benzene rings is 13. The fourth-order valence-electron chi connectivity index (χ4n) is 11.3. The van der Waals surface area contributed by atoms with Gasteiger partial charge in [-0.15, -0.1) is 0 Å². The summed E-state index contributed by atoms with van der Waals surface area (Å²) in [7, 11) is 0. The van der Waals surface area contributed by atoms with Crippen molar-refractivity contribution in [1.29, 1.82) is 0 Å². The van der Waals surface area contributed by atoms with E-state index in [2.05, 4.69) is 252 Å². The Kier molecular flexibility index (Phi) is 8.33. The van der Waals surface area contributed by atoms with Crippen LogP contribution in [0.1, 0.15) is 0 Å². The first-order chi connectivity index (χ1) is 34.7. The highest BCUT2D eigenvalue weighted by Gasteiger charge is 2.22. The average Bonchev–Trinajstić information content (AvgIpc) is 4.01. The van der Waals surface area contributed by atoms with E-state index in [0.717, 1.165) is 99.5 Å². The third-order valence-electron chi connectivity index (χ3n) is 14.6. The van der Waals surface area contributed by atoms with Crippen molar-refractivity contribution in [1.82, 2.24) is 0 Å². The Morgan fingerprint density at radius 3 is 1.03 bits per heavy atom. The molecule has 0 fully saturated rings. The van der Waals surface area contributed by atoms with Gasteiger partial charge in [-0.25, -0.2) is 0 Å². The summed E-state index contributed by atoms with van der Waals surface area (Å²) < 4.78 is 14.0. The molecule has 0 aliphatic carbocycles. The molecule has 15 rings (SSSR count). The summed E-state index contributed by atoms with van der Waals surface area (Å²) in [6.45, 7) is 0. The SMILES string of the molecule is c1ccc(N(c2ccc3c(ccc4c5ccc6c7ccc8cc(N(c9ccccc9)c9cccc%10c9ccc9ccccc9%10)ccc8c7oc6c5oc34)c2)c2cccc3c2ccc2ccccc23)cc1. The van der Waals surface area contributed by atoms with Crippen molar-refractivity contribution in [2.45, 2.75) is 0 Å². The van der Waals surface area contributed by atoms with E-state index < -0.39 is 0 Å². The van der Waals surface area contributed by atoms with Gasteiger partial charge < -0.3 is 18.6 Å². The highest BCUT2D eigenvalue weighted by molar-refractivity contribution is 6.25. The molecule has 13 aromatic carbocycles. The molecule has 0 N–H and O–H groups in total. The van der Waals surface area contributed by atoms with E-state index in [4.69, 9.17) is 8.83 Å². The molecule has 2 heterocycles. The number of hydrogen-bond acceptors (Lipinski definition) is 4. The van der Waals surface area contributed by atoms with Crippen LogP contribution in [0.5, 0.6) is 0 Å². The molecule has 0 saturated carbocycles. The molecule has 0 atom stereocenters. The Hall–Kier alpha value is -9.38. The van der Waals surface area contributed by atoms with E-state index in [0.29, 0.717) is 0 Å². The summed E-state index contributed by atoms with van der Waals surface area (Å²) >= 11 is 0. The summed E-state index contributed by atoms with van der Waals surface area (Å²) in [5.74, 6) is 0. The lowest BCUT2D eigenvalue weighted by Gasteiger charge is -2.27. The average molecular weight is 893 g/mol. The second-order valence-electron chi connectivity index (χ2n) is 18.4. The molecule has 0 aliphatic rings. The molecule has 0 bridgehead atoms. The maximum Gasteiger partial charge on any atom is 0.178 e. The largest absolute Gasteiger partial charge is 0.451 e. The van der Waals surface area contributed by atoms with Crippen LogP contribution >= 0.6 is 0 Å². The van der Waals surface area contributed by atoms with Gasteiger partial charge in [-0.3, -0.25) is 0 Å². The van der Waals surface area contributed by atoms with Gasteiger partial charge in [0.2, 0.25) is 0 Å². The normalized spacial score (nSPS) is 12.0. The third-order valence-corrected chi connectivity index (χ3v) is 14.6. The van der Waals surface area contributed by atoms with Crippen LogP contribution in [0.3, 0.4) is 0 Å². The third kappa shape index (κ3) is 5.77. The van der Waals surface area contributed by atoms with Crippen molar-refractivity contribution in [3.63, 3.8) is 0 Å². The molecule has 0 unspecified atom stereocenters. The Morgan fingerprint density at radius 2 is 0.557 bits per heavy atom. The number of fused-ring (bicyclic) bond motifs is 17. The minimum absolute atomic E-state index is 0.762. The molecule has 0 saturated heterocycles. The van der Waals surface area contributed by atoms with E-state index in [1.54, 1.807) is 0 Å². The van der Waals surface area contributed by atoms with Crippen molar-refractivity contribution >= 4 is 143 Å². The Labute approximate surface area is 402 Å². The summed E-state index contributed by atoms with van der Waals surface area (Å²) in [6, 6.07) is 87.5. The van der Waals surface area contributed by atoms with Gasteiger partial charge >= 0.3 is 0 Å². The molecular weight excluding hydrogens is 853 g/mol. The molecule has 0 spiro atoms. The first-order valence-electron chi connectivity index (χ1n) is 23.9. The second-order valence-corrected chi connectivity index (χ2v) is 18.4. The van der Waals surface area contributed by atoms with Crippen LogP contribution in [0.4, 0.5) is 34.1 Å². The quantitative estimate of drug-likeness (QED) is 0.156. The summed E-state index contributed by atoms with van der Waals surface area (Å²) in [5, 5.41) is 18.3. The molecule has 2 aromatic heterocycles. The van der Waals surface area contributed by atoms with Crippen LogP contribution in [0.2, 0.25) is 0 Å². The molecule has 0 aliphatic heterocycles. The Balaban J connectivity index is 0.859. The van der Waals surface area contributed by atoms with E-state index >= 15 is 0 Å². The van der Waals surface area contributed by atoms with Crippen LogP contribution in [-0.2, 0) is 0 Å². The fourth-order valence-corrected chi connectivity index (χ4v) is 11.3. The zero-order chi connectivity index (χ0) is 45.9. The number of rotatable bonds is 6. The molecule has 15 aromatic rings. The van der Waals surface area contributed by atoms with Crippen molar-refractivity contribution in [3.05, 3.63) is 243 Å². The van der Waals surface area contributed by atoms with E-state index in [9.17, 15) is 0 Å². The van der Waals surface area contributed by atoms with E-state index in [-0.39, 0.29) is 0 Å². The summed E-state index contributed by atoms with van der Waals surface area (Å²) in [4.78, 5) is 4.74. The maximum absolute atomic E-state index is 6.99. The van der Waals surface area contributed by atoms with Gasteiger partial charge in [0.25, 0.3) is 0 Å². The number of nitrogens with zero attached hydrogens (tertiary/aromatic N) is 2. The topological polar surface area (TPSA) is 32.8 Å². The summed E-state index contributed by atoms with van der Waals surface area (Å²) in [6.07, 6.45) is 0. The van der Waals surface area contributed by atoms with Crippen LogP contribution in [0.25, 0.3) is 109 Å². The lowest BCUT2D eigenvalue weighted by Crippen LogP contribution is -2.10. The number of para-hydroxylation sites is 2. The van der Waals surface area contributed by atoms with Gasteiger partial charge in [-0.1, -0.05) is 146 Å². The van der Waals surface area contributed by atoms with Crippen LogP contribution < -0.4 is 9.80 Å². The molecule has 326 valence electrons. The minimum Gasteiger partial charge on any atom is -0.451 e. The first kappa shape index (κ1) is 38.7. The highest BCUT2D eigenvalue weighted by Crippen LogP contribution is 2.47. The predicted molar refractivity (Wildman–Crippen MR) is 295 cm³/mol. The molecule has 70 heavy (non-hydrogen) atoms. The lowest BCUT2D eigenvalue weighted by atomic mass is 9.99. The van der Waals surface area contributed by atoms with Gasteiger partial charge in [0, 0.05) is 65.8 Å². The molecular formula is C66H40N2O2. The van der Waals surface area contributed by atoms with Crippen molar-refractivity contribution in [2.75, 3.05) is 9.80 Å². The Bertz CT molecular complexity index is 4310. The zero-order valence-corrected chi connectivity index (χ0v) is 37.8. The van der Waals surface area contributed by atoms with E-state index in [1.807, 2.05) is 0 Å². The fraction of sp³-hybridized carbons (Fsp3) is 0. The van der Waals surface area contributed by atoms with Gasteiger partial charge in [0.1, 0.15) is 11.2 Å². The standard InChI is InChI=1S/C66H40N2O2/c1-3-15-45(16-4-1)67(61-23-11-21-53-49-19-9-7-13-41(49)25-31-55(53)61)47-29-35-51-43(39-47)27-33-57-59-37-38-60-58-34-28-44-40-48(30-36-52(44)64(58)70-66(60)65(59)69-63(51)57)68(46-17-5-2-6-18-46)62-24-12-22-54-50-20-10-8-14-42(50)26-32-56(54)62/h1-40H. The van der Waals surface area contributed by atoms with Crippen LogP contribution in [0.15, 0.2) is 251 Å². The molecule has 4 nitrogen and oxygen atoms in total. The smallest absolute Gasteiger partial charge is 0.178 e. The van der Waals surface area contributed by atoms with E-state index in [1.165, 1.54) is 43.1 Å². The second kappa shape index (κ2) is 15.1. The molecule has 0 amide bonds. The van der Waals surface area contributed by atoms with Crippen molar-refractivity contribution < 1.29 is 8.83 Å². The molecule has 0 radical (unpaired) electrons. The van der Waals surface area contributed by atoms with Crippen LogP contribution in [0, 0.1) is 0 Å². The Morgan fingerprint density at radius 1 is 0.200 bits per heavy atom. The highest BCUT2D eigenvalue weighted by atomic mass is 16.4. The first-order valence-corrected chi connectivity index (χ1v) is 23.9.